The maximum Gasteiger partial charge on any atom is 0.231 e. The highest BCUT2D eigenvalue weighted by Crippen LogP contribution is 2.43. The Morgan fingerprint density at radius 1 is 1.38 bits per heavy atom. The van der Waals surface area contributed by atoms with E-state index in [1.54, 1.807) is 0 Å². The van der Waals surface area contributed by atoms with Gasteiger partial charge >= 0.3 is 0 Å². The summed E-state index contributed by atoms with van der Waals surface area (Å²) in [5.74, 6) is 3.57. The summed E-state index contributed by atoms with van der Waals surface area (Å²) in [7, 11) is 0. The van der Waals surface area contributed by atoms with Crippen LogP contribution in [0.1, 0.15) is 19.7 Å². The molecule has 1 aliphatic rings. The fraction of sp³-hybridized carbons (Fsp3) is 0.400. The van der Waals surface area contributed by atoms with Crippen molar-refractivity contribution in [2.45, 2.75) is 27.3 Å². The van der Waals surface area contributed by atoms with Crippen LogP contribution in [-0.4, -0.2) is 16.3 Å². The monoisotopic (exact) mass is 351 g/mol. The van der Waals surface area contributed by atoms with Crippen LogP contribution in [0.25, 0.3) is 11.3 Å². The molecule has 0 unspecified atom stereocenters. The average molecular weight is 352 g/mol. The third-order valence-corrected chi connectivity index (χ3v) is 4.04. The van der Waals surface area contributed by atoms with Crippen molar-refractivity contribution >= 4 is 21.7 Å². The van der Waals surface area contributed by atoms with Gasteiger partial charge in [0.15, 0.2) is 11.5 Å². The van der Waals surface area contributed by atoms with Gasteiger partial charge in [0.1, 0.15) is 17.3 Å². The van der Waals surface area contributed by atoms with Crippen molar-refractivity contribution in [2.75, 3.05) is 12.5 Å². The van der Waals surface area contributed by atoms with Crippen LogP contribution in [0.15, 0.2) is 16.6 Å². The summed E-state index contributed by atoms with van der Waals surface area (Å²) in [6, 6.07) is 3.89. The number of fused-ring (bicyclic) bond motifs is 1. The molecule has 0 spiro atoms. The van der Waals surface area contributed by atoms with Gasteiger partial charge < -0.3 is 19.8 Å². The third kappa shape index (κ3) is 2.48. The molecule has 21 heavy (non-hydrogen) atoms. The van der Waals surface area contributed by atoms with Gasteiger partial charge in [0.2, 0.25) is 6.79 Å². The molecule has 0 radical (unpaired) electrons. The first-order chi connectivity index (χ1) is 9.97. The molecule has 0 aliphatic carbocycles. The van der Waals surface area contributed by atoms with E-state index in [0.29, 0.717) is 11.7 Å². The van der Waals surface area contributed by atoms with Crippen LogP contribution in [0.3, 0.4) is 0 Å². The van der Waals surface area contributed by atoms with E-state index >= 15 is 0 Å². The second kappa shape index (κ2) is 5.26. The van der Waals surface area contributed by atoms with Crippen molar-refractivity contribution in [3.8, 4) is 22.8 Å². The Morgan fingerprint density at radius 2 is 2.14 bits per heavy atom. The summed E-state index contributed by atoms with van der Waals surface area (Å²) in [4.78, 5) is 4.62. The molecule has 112 valence electrons. The summed E-state index contributed by atoms with van der Waals surface area (Å²) in [6.07, 6.45) is 0. The van der Waals surface area contributed by atoms with Crippen LogP contribution in [0.2, 0.25) is 0 Å². The molecule has 1 aliphatic heterocycles. The van der Waals surface area contributed by atoms with Crippen LogP contribution >= 0.6 is 15.9 Å². The molecule has 3 rings (SSSR count). The Morgan fingerprint density at radius 3 is 2.86 bits per heavy atom. The first kappa shape index (κ1) is 14.3. The number of benzene rings is 1. The van der Waals surface area contributed by atoms with Crippen LogP contribution in [0.5, 0.6) is 11.5 Å². The van der Waals surface area contributed by atoms with Crippen molar-refractivity contribution in [1.29, 1.82) is 0 Å². The largest absolute Gasteiger partial charge is 0.454 e. The summed E-state index contributed by atoms with van der Waals surface area (Å²) in [6.45, 7) is 7.40. The Labute approximate surface area is 132 Å². The van der Waals surface area contributed by atoms with Crippen molar-refractivity contribution in [1.82, 2.24) is 9.55 Å². The lowest BCUT2D eigenvalue weighted by atomic mass is 10.1. The highest BCUT2D eigenvalue weighted by atomic mass is 79.9. The number of hydrogen-bond donors (Lipinski definition) is 1. The van der Waals surface area contributed by atoms with Crippen LogP contribution in [0, 0.1) is 12.8 Å². The topological polar surface area (TPSA) is 62.3 Å². The van der Waals surface area contributed by atoms with Gasteiger partial charge in [-0.3, -0.25) is 0 Å². The molecule has 1 aromatic carbocycles. The van der Waals surface area contributed by atoms with Gasteiger partial charge in [0.25, 0.3) is 0 Å². The number of anilines is 1. The highest BCUT2D eigenvalue weighted by Gasteiger charge is 2.21. The normalized spacial score (nSPS) is 13.2. The van der Waals surface area contributed by atoms with Crippen LogP contribution in [0.4, 0.5) is 5.82 Å². The number of rotatable bonds is 3. The minimum atomic E-state index is 0.244. The lowest BCUT2D eigenvalue weighted by Crippen LogP contribution is -2.09. The molecule has 0 saturated carbocycles. The van der Waals surface area contributed by atoms with Gasteiger partial charge in [0, 0.05) is 12.1 Å². The van der Waals surface area contributed by atoms with E-state index in [0.717, 1.165) is 39.6 Å². The van der Waals surface area contributed by atoms with E-state index in [2.05, 4.69) is 39.3 Å². The first-order valence-electron chi connectivity index (χ1n) is 6.89. The number of aryl methyl sites for hydroxylation is 1. The summed E-state index contributed by atoms with van der Waals surface area (Å²) in [5, 5.41) is 0. The molecule has 0 bridgehead atoms. The standard InChI is InChI=1S/C15H18BrN3O2/c1-8(2)6-19-9(3)18-13(15(19)17)10-4-11(16)14-12(5-10)20-7-21-14/h4-5,8H,6-7,17H2,1-3H3. The van der Waals surface area contributed by atoms with E-state index in [4.69, 9.17) is 15.2 Å². The molecule has 2 N–H and O–H groups in total. The maximum atomic E-state index is 6.29. The summed E-state index contributed by atoms with van der Waals surface area (Å²) >= 11 is 3.51. The predicted octanol–water partition coefficient (Wildman–Crippen LogP) is 3.59. The number of imidazole rings is 1. The van der Waals surface area contributed by atoms with E-state index < -0.39 is 0 Å². The SMILES string of the molecule is Cc1nc(-c2cc(Br)c3c(c2)OCO3)c(N)n1CC(C)C. The lowest BCUT2D eigenvalue weighted by molar-refractivity contribution is 0.173. The maximum absolute atomic E-state index is 6.29. The lowest BCUT2D eigenvalue weighted by Gasteiger charge is -2.10. The number of nitrogen functional groups attached to an aromatic ring is 1. The number of ether oxygens (including phenoxy) is 2. The minimum absolute atomic E-state index is 0.244. The van der Waals surface area contributed by atoms with E-state index in [1.165, 1.54) is 0 Å². The zero-order chi connectivity index (χ0) is 15.1. The van der Waals surface area contributed by atoms with Crippen molar-refractivity contribution in [2.24, 2.45) is 5.92 Å². The Kier molecular flexibility index (Phi) is 3.57. The molecule has 0 saturated heterocycles. The molecule has 1 aromatic heterocycles. The Balaban J connectivity index is 2.07. The number of nitrogens with zero attached hydrogens (tertiary/aromatic N) is 2. The molecule has 6 heteroatoms. The Bertz CT molecular complexity index is 695. The van der Waals surface area contributed by atoms with Gasteiger partial charge in [-0.15, -0.1) is 0 Å². The van der Waals surface area contributed by atoms with Gasteiger partial charge in [-0.1, -0.05) is 13.8 Å². The molecule has 2 heterocycles. The predicted molar refractivity (Wildman–Crippen MR) is 85.5 cm³/mol. The van der Waals surface area contributed by atoms with E-state index in [-0.39, 0.29) is 6.79 Å². The molecular formula is C15H18BrN3O2. The van der Waals surface area contributed by atoms with Crippen molar-refractivity contribution in [3.63, 3.8) is 0 Å². The molecule has 0 atom stereocenters. The van der Waals surface area contributed by atoms with Crippen molar-refractivity contribution < 1.29 is 9.47 Å². The minimum Gasteiger partial charge on any atom is -0.454 e. The zero-order valence-corrected chi connectivity index (χ0v) is 13.9. The first-order valence-corrected chi connectivity index (χ1v) is 7.68. The third-order valence-electron chi connectivity index (χ3n) is 3.45. The summed E-state index contributed by atoms with van der Waals surface area (Å²) < 4.78 is 13.8. The quantitative estimate of drug-likeness (QED) is 0.917. The van der Waals surface area contributed by atoms with Crippen LogP contribution < -0.4 is 15.2 Å². The average Bonchev–Trinajstić information content (AvgIpc) is 2.98. The molecule has 0 amide bonds. The number of halogens is 1. The molecule has 0 fully saturated rings. The van der Waals surface area contributed by atoms with Gasteiger partial charge in [-0.25, -0.2) is 4.98 Å². The van der Waals surface area contributed by atoms with E-state index in [9.17, 15) is 0 Å². The van der Waals surface area contributed by atoms with Crippen LogP contribution in [-0.2, 0) is 6.54 Å². The number of nitrogens with two attached hydrogens (primary N) is 1. The van der Waals surface area contributed by atoms with Gasteiger partial charge in [-0.05, 0) is 40.9 Å². The fourth-order valence-corrected chi connectivity index (χ4v) is 3.05. The number of aromatic nitrogens is 2. The second-order valence-electron chi connectivity index (χ2n) is 5.59. The fourth-order valence-electron chi connectivity index (χ4n) is 2.49. The smallest absolute Gasteiger partial charge is 0.231 e. The van der Waals surface area contributed by atoms with Gasteiger partial charge in [-0.2, -0.15) is 0 Å². The number of hydrogen-bond acceptors (Lipinski definition) is 4. The molecular weight excluding hydrogens is 334 g/mol. The molecule has 5 nitrogen and oxygen atoms in total. The second-order valence-corrected chi connectivity index (χ2v) is 6.44. The zero-order valence-electron chi connectivity index (χ0n) is 12.3. The van der Waals surface area contributed by atoms with Gasteiger partial charge in [0.05, 0.1) is 4.47 Å². The summed E-state index contributed by atoms with van der Waals surface area (Å²) in [5.41, 5.74) is 8.00. The highest BCUT2D eigenvalue weighted by molar-refractivity contribution is 9.10. The van der Waals surface area contributed by atoms with E-state index in [1.807, 2.05) is 19.1 Å². The Hall–Kier alpha value is -1.69. The van der Waals surface area contributed by atoms with Crippen molar-refractivity contribution in [3.05, 3.63) is 22.4 Å². The molecule has 2 aromatic rings.